The lowest BCUT2D eigenvalue weighted by Gasteiger charge is -2.27. The highest BCUT2D eigenvalue weighted by Gasteiger charge is 2.56. The van der Waals surface area contributed by atoms with Gasteiger partial charge in [0.05, 0.1) is 36.2 Å². The SMILES string of the molecule is COc1ccc(CN2C3CC[C@@H]2[C@@H]2CN(c4ccc(-c5cc(OCC(C)(C)O)cn6ncc(C#N)c56)cn4)C[C@H]32)cn1. The van der Waals surface area contributed by atoms with Crippen LogP contribution in [0.15, 0.2) is 55.1 Å². The first-order chi connectivity index (χ1) is 20.3. The summed E-state index contributed by atoms with van der Waals surface area (Å²) in [6.45, 7) is 6.51. The molecule has 3 aliphatic rings. The third kappa shape index (κ3) is 4.72. The topological polar surface area (TPSA) is 112 Å². The van der Waals surface area contributed by atoms with Crippen molar-refractivity contribution in [2.24, 2.45) is 11.8 Å². The second-order valence-corrected chi connectivity index (χ2v) is 12.4. The van der Waals surface area contributed by atoms with Gasteiger partial charge in [-0.05, 0) is 62.3 Å². The molecule has 10 heteroatoms. The summed E-state index contributed by atoms with van der Waals surface area (Å²) >= 11 is 0. The molecule has 0 saturated carbocycles. The van der Waals surface area contributed by atoms with Crippen LogP contribution in [0.2, 0.25) is 0 Å². The summed E-state index contributed by atoms with van der Waals surface area (Å²) in [7, 11) is 1.65. The Morgan fingerprint density at radius 3 is 2.45 bits per heavy atom. The number of ether oxygens (including phenoxy) is 2. The number of nitriles is 1. The molecule has 42 heavy (non-hydrogen) atoms. The molecular weight excluding hydrogens is 530 g/mol. The van der Waals surface area contributed by atoms with Gasteiger partial charge in [-0.3, -0.25) is 4.90 Å². The molecule has 0 spiro atoms. The van der Waals surface area contributed by atoms with E-state index in [1.165, 1.54) is 18.4 Å². The van der Waals surface area contributed by atoms with E-state index in [1.54, 1.807) is 37.9 Å². The molecule has 3 fully saturated rings. The fourth-order valence-corrected chi connectivity index (χ4v) is 7.24. The van der Waals surface area contributed by atoms with Gasteiger partial charge in [0.1, 0.15) is 24.2 Å². The number of hydrogen-bond donors (Lipinski definition) is 1. The highest BCUT2D eigenvalue weighted by Crippen LogP contribution is 2.50. The minimum atomic E-state index is -0.975. The Morgan fingerprint density at radius 1 is 1.05 bits per heavy atom. The van der Waals surface area contributed by atoms with Gasteiger partial charge in [-0.25, -0.2) is 14.5 Å². The lowest BCUT2D eigenvalue weighted by atomic mass is 9.82. The number of pyridine rings is 3. The molecule has 3 saturated heterocycles. The number of hydrogen-bond acceptors (Lipinski definition) is 9. The predicted octanol–water partition coefficient (Wildman–Crippen LogP) is 3.92. The monoisotopic (exact) mass is 565 g/mol. The van der Waals surface area contributed by atoms with Crippen LogP contribution in [0, 0.1) is 23.2 Å². The van der Waals surface area contributed by atoms with Gasteiger partial charge in [-0.15, -0.1) is 0 Å². The van der Waals surface area contributed by atoms with Crippen LogP contribution in [0.4, 0.5) is 5.82 Å². The van der Waals surface area contributed by atoms with Crippen molar-refractivity contribution in [2.45, 2.75) is 50.9 Å². The summed E-state index contributed by atoms with van der Waals surface area (Å²) < 4.78 is 12.8. The van der Waals surface area contributed by atoms with E-state index in [1.807, 2.05) is 24.5 Å². The highest BCUT2D eigenvalue weighted by atomic mass is 16.5. The Kier molecular flexibility index (Phi) is 6.52. The van der Waals surface area contributed by atoms with Gasteiger partial charge in [-0.1, -0.05) is 6.07 Å². The molecule has 4 aromatic heterocycles. The minimum Gasteiger partial charge on any atom is -0.489 e. The quantitative estimate of drug-likeness (QED) is 0.340. The molecule has 0 aromatic carbocycles. The largest absolute Gasteiger partial charge is 0.489 e. The summed E-state index contributed by atoms with van der Waals surface area (Å²) in [5.74, 6) is 3.49. The third-order valence-corrected chi connectivity index (χ3v) is 9.06. The van der Waals surface area contributed by atoms with E-state index in [-0.39, 0.29) is 6.61 Å². The molecular formula is C32H35N7O3. The highest BCUT2D eigenvalue weighted by molar-refractivity contribution is 5.85. The molecule has 4 atom stereocenters. The fourth-order valence-electron chi connectivity index (χ4n) is 7.24. The van der Waals surface area contributed by atoms with Crippen molar-refractivity contribution in [2.75, 3.05) is 31.7 Å². The van der Waals surface area contributed by atoms with Gasteiger partial charge in [0.15, 0.2) is 0 Å². The van der Waals surface area contributed by atoms with Crippen LogP contribution in [0.25, 0.3) is 16.6 Å². The Hall–Kier alpha value is -4.20. The molecule has 3 aliphatic heterocycles. The molecule has 7 heterocycles. The summed E-state index contributed by atoms with van der Waals surface area (Å²) in [4.78, 5) is 14.5. The number of rotatable bonds is 8. The zero-order chi connectivity index (χ0) is 29.0. The molecule has 7 rings (SSSR count). The van der Waals surface area contributed by atoms with Gasteiger partial charge in [-0.2, -0.15) is 10.4 Å². The molecule has 2 bridgehead atoms. The molecule has 216 valence electrons. The zero-order valence-electron chi connectivity index (χ0n) is 24.1. The Balaban J connectivity index is 1.09. The maximum absolute atomic E-state index is 10.1. The van der Waals surface area contributed by atoms with Crippen molar-refractivity contribution in [3.8, 4) is 28.8 Å². The summed E-state index contributed by atoms with van der Waals surface area (Å²) in [5, 5.41) is 24.2. The van der Waals surface area contributed by atoms with E-state index in [4.69, 9.17) is 14.5 Å². The van der Waals surface area contributed by atoms with Gasteiger partial charge in [0.2, 0.25) is 5.88 Å². The zero-order valence-corrected chi connectivity index (χ0v) is 24.1. The molecule has 1 unspecified atom stereocenters. The number of fused-ring (bicyclic) bond motifs is 6. The van der Waals surface area contributed by atoms with Crippen LogP contribution in [-0.4, -0.2) is 74.1 Å². The second kappa shape index (κ2) is 10.3. The van der Waals surface area contributed by atoms with Crippen LogP contribution >= 0.6 is 0 Å². The van der Waals surface area contributed by atoms with Crippen molar-refractivity contribution < 1.29 is 14.6 Å². The first kappa shape index (κ1) is 26.7. The van der Waals surface area contributed by atoms with Crippen molar-refractivity contribution in [3.05, 3.63) is 66.2 Å². The molecule has 0 radical (unpaired) electrons. The maximum atomic E-state index is 10.1. The Labute approximate surface area is 245 Å². The third-order valence-electron chi connectivity index (χ3n) is 9.06. The summed E-state index contributed by atoms with van der Waals surface area (Å²) in [5.41, 5.74) is 3.16. The fraction of sp³-hybridized carbons (Fsp3) is 0.438. The van der Waals surface area contributed by atoms with Crippen molar-refractivity contribution in [3.63, 3.8) is 0 Å². The molecule has 1 N–H and O–H groups in total. The molecule has 0 amide bonds. The van der Waals surface area contributed by atoms with Gasteiger partial charge < -0.3 is 19.5 Å². The van der Waals surface area contributed by atoms with Crippen molar-refractivity contribution >= 4 is 11.3 Å². The first-order valence-electron chi connectivity index (χ1n) is 14.5. The van der Waals surface area contributed by atoms with E-state index in [0.29, 0.717) is 46.6 Å². The van der Waals surface area contributed by atoms with Gasteiger partial charge in [0, 0.05) is 61.3 Å². The summed E-state index contributed by atoms with van der Waals surface area (Å²) in [6, 6.07) is 13.6. The van der Waals surface area contributed by atoms with E-state index >= 15 is 0 Å². The lowest BCUT2D eigenvalue weighted by Crippen LogP contribution is -2.35. The molecule has 4 aromatic rings. The normalized spacial score (nSPS) is 23.4. The maximum Gasteiger partial charge on any atom is 0.212 e. The number of methoxy groups -OCH3 is 1. The van der Waals surface area contributed by atoms with Crippen molar-refractivity contribution in [1.29, 1.82) is 5.26 Å². The van der Waals surface area contributed by atoms with E-state index in [0.717, 1.165) is 36.6 Å². The smallest absolute Gasteiger partial charge is 0.212 e. The van der Waals surface area contributed by atoms with Crippen LogP contribution in [0.1, 0.15) is 37.8 Å². The number of anilines is 1. The number of nitrogens with zero attached hydrogens (tertiary/aromatic N) is 7. The van der Waals surface area contributed by atoms with Gasteiger partial charge in [0.25, 0.3) is 0 Å². The van der Waals surface area contributed by atoms with Crippen LogP contribution in [-0.2, 0) is 6.54 Å². The van der Waals surface area contributed by atoms with Crippen LogP contribution in [0.5, 0.6) is 11.6 Å². The number of aromatic nitrogens is 4. The molecule has 10 nitrogen and oxygen atoms in total. The predicted molar refractivity (Wildman–Crippen MR) is 157 cm³/mol. The Morgan fingerprint density at radius 2 is 1.83 bits per heavy atom. The van der Waals surface area contributed by atoms with Crippen LogP contribution in [0.3, 0.4) is 0 Å². The first-order valence-corrected chi connectivity index (χ1v) is 14.5. The van der Waals surface area contributed by atoms with Crippen LogP contribution < -0.4 is 14.4 Å². The summed E-state index contributed by atoms with van der Waals surface area (Å²) in [6.07, 6.45) is 9.63. The standard InChI is InChI=1S/C32H35N7O3/c1-32(2,40)19-42-23-10-24(31-22(11-33)14-36-39(31)16-23)21-5-8-29(34-13-21)37-17-25-26(18-37)28-7-6-27(25)38(28)15-20-4-9-30(41-3)35-12-20/h4-5,8-10,12-14,16,25-28,40H,6-7,15,17-19H2,1-3H3/t25-,26+,27-,28?/m1/s1. The van der Waals surface area contributed by atoms with E-state index < -0.39 is 5.60 Å². The minimum absolute atomic E-state index is 0.134. The van der Waals surface area contributed by atoms with E-state index in [2.05, 4.69) is 44.2 Å². The molecule has 0 aliphatic carbocycles. The van der Waals surface area contributed by atoms with E-state index in [9.17, 15) is 10.4 Å². The number of aliphatic hydroxyl groups is 1. The Bertz CT molecular complexity index is 1620. The van der Waals surface area contributed by atoms with Crippen molar-refractivity contribution in [1.82, 2.24) is 24.5 Å². The average Bonchev–Trinajstić information content (AvgIpc) is 3.77. The average molecular weight is 566 g/mol. The lowest BCUT2D eigenvalue weighted by molar-refractivity contribution is 0.0283. The van der Waals surface area contributed by atoms with Gasteiger partial charge >= 0.3 is 0 Å². The second-order valence-electron chi connectivity index (χ2n) is 12.4.